The Balaban J connectivity index is 2.71. The summed E-state index contributed by atoms with van der Waals surface area (Å²) in [5.41, 5.74) is 0.727. The molecule has 2 amide bonds. The van der Waals surface area contributed by atoms with Crippen LogP contribution in [0.2, 0.25) is 0 Å². The third-order valence-electron chi connectivity index (χ3n) is 2.79. The summed E-state index contributed by atoms with van der Waals surface area (Å²) in [6, 6.07) is 4.80. The van der Waals surface area contributed by atoms with Crippen molar-refractivity contribution in [1.82, 2.24) is 10.2 Å². The van der Waals surface area contributed by atoms with E-state index in [0.717, 1.165) is 5.56 Å². The maximum Gasteiger partial charge on any atom is 0.326 e. The molecule has 1 atom stereocenters. The highest BCUT2D eigenvalue weighted by Gasteiger charge is 2.21. The van der Waals surface area contributed by atoms with Gasteiger partial charge in [0.2, 0.25) is 0 Å². The van der Waals surface area contributed by atoms with E-state index < -0.39 is 18.0 Å². The van der Waals surface area contributed by atoms with Gasteiger partial charge in [-0.25, -0.2) is 9.59 Å². The van der Waals surface area contributed by atoms with Crippen molar-refractivity contribution in [1.29, 1.82) is 0 Å². The summed E-state index contributed by atoms with van der Waals surface area (Å²) < 4.78 is 0. The lowest BCUT2D eigenvalue weighted by molar-refractivity contribution is -0.139. The molecule has 0 bridgehead atoms. The van der Waals surface area contributed by atoms with Crippen LogP contribution in [0.15, 0.2) is 24.3 Å². The molecule has 6 nitrogen and oxygen atoms in total. The molecule has 0 spiro atoms. The van der Waals surface area contributed by atoms with Gasteiger partial charge in [-0.2, -0.15) is 0 Å². The van der Waals surface area contributed by atoms with Gasteiger partial charge < -0.3 is 20.4 Å². The second kappa shape index (κ2) is 6.63. The van der Waals surface area contributed by atoms with Gasteiger partial charge in [-0.1, -0.05) is 12.1 Å². The number of phenolic OH excluding ortho intramolecular Hbond substituents is 1. The lowest BCUT2D eigenvalue weighted by atomic mass is 10.1. The number of carbonyl (C=O) groups is 2. The first kappa shape index (κ1) is 14.8. The van der Waals surface area contributed by atoms with Crippen molar-refractivity contribution in [2.45, 2.75) is 19.4 Å². The van der Waals surface area contributed by atoms with Gasteiger partial charge in [0.05, 0.1) is 0 Å². The Morgan fingerprint density at radius 3 is 2.37 bits per heavy atom. The minimum atomic E-state index is -1.09. The second-order valence-electron chi connectivity index (χ2n) is 4.23. The number of rotatable bonds is 5. The number of benzene rings is 1. The van der Waals surface area contributed by atoms with Crippen LogP contribution in [0.1, 0.15) is 12.5 Å². The first-order valence-corrected chi connectivity index (χ1v) is 5.96. The van der Waals surface area contributed by atoms with Crippen LogP contribution in [-0.4, -0.2) is 46.7 Å². The number of nitrogens with zero attached hydrogens (tertiary/aromatic N) is 1. The number of carboxylic acids is 1. The lowest BCUT2D eigenvalue weighted by Crippen LogP contribution is -2.47. The van der Waals surface area contributed by atoms with Crippen molar-refractivity contribution in [3.05, 3.63) is 29.8 Å². The summed E-state index contributed by atoms with van der Waals surface area (Å²) in [7, 11) is 1.59. The number of phenols is 1. The van der Waals surface area contributed by atoms with E-state index in [1.165, 1.54) is 17.0 Å². The molecule has 6 heteroatoms. The molecular formula is C13H18N2O4. The number of aliphatic carboxylic acids is 1. The number of carbonyl (C=O) groups excluding carboxylic acids is 1. The van der Waals surface area contributed by atoms with Crippen LogP contribution in [0, 0.1) is 0 Å². The molecule has 104 valence electrons. The van der Waals surface area contributed by atoms with Crippen molar-refractivity contribution in [3.63, 3.8) is 0 Å². The van der Waals surface area contributed by atoms with Crippen LogP contribution in [0.3, 0.4) is 0 Å². The SMILES string of the molecule is CCN(C)C(=O)N[C@H](Cc1ccc(O)cc1)C(=O)O. The molecule has 0 saturated heterocycles. The van der Waals surface area contributed by atoms with E-state index in [9.17, 15) is 9.59 Å². The lowest BCUT2D eigenvalue weighted by Gasteiger charge is -2.20. The Morgan fingerprint density at radius 1 is 1.32 bits per heavy atom. The molecule has 3 N–H and O–H groups in total. The molecule has 0 radical (unpaired) electrons. The van der Waals surface area contributed by atoms with Crippen LogP contribution in [0.5, 0.6) is 5.75 Å². The zero-order chi connectivity index (χ0) is 14.4. The molecule has 0 aromatic heterocycles. The fourth-order valence-electron chi connectivity index (χ4n) is 1.47. The fraction of sp³-hybridized carbons (Fsp3) is 0.385. The van der Waals surface area contributed by atoms with Gasteiger partial charge in [0.1, 0.15) is 11.8 Å². The summed E-state index contributed by atoms with van der Waals surface area (Å²) in [6.07, 6.45) is 0.166. The Morgan fingerprint density at radius 2 is 1.89 bits per heavy atom. The number of nitrogens with one attached hydrogen (secondary N) is 1. The summed E-state index contributed by atoms with van der Waals surface area (Å²) >= 11 is 0. The van der Waals surface area contributed by atoms with Crippen molar-refractivity contribution in [3.8, 4) is 5.75 Å². The molecule has 0 unspecified atom stereocenters. The normalized spacial score (nSPS) is 11.7. The fourth-order valence-corrected chi connectivity index (χ4v) is 1.47. The Labute approximate surface area is 111 Å². The van der Waals surface area contributed by atoms with Gasteiger partial charge in [0, 0.05) is 20.0 Å². The average Bonchev–Trinajstić information content (AvgIpc) is 2.39. The molecule has 0 aliphatic rings. The van der Waals surface area contributed by atoms with Gasteiger partial charge in [0.15, 0.2) is 0 Å². The average molecular weight is 266 g/mol. The van der Waals surface area contributed by atoms with Crippen LogP contribution in [0.4, 0.5) is 4.79 Å². The monoisotopic (exact) mass is 266 g/mol. The van der Waals surface area contributed by atoms with Crippen LogP contribution >= 0.6 is 0 Å². The van der Waals surface area contributed by atoms with E-state index in [1.807, 2.05) is 0 Å². The molecule has 19 heavy (non-hydrogen) atoms. The maximum atomic E-state index is 11.6. The Hall–Kier alpha value is -2.24. The van der Waals surface area contributed by atoms with Crippen molar-refractivity contribution in [2.75, 3.05) is 13.6 Å². The van der Waals surface area contributed by atoms with Gasteiger partial charge >= 0.3 is 12.0 Å². The standard InChI is InChI=1S/C13H18N2O4/c1-3-15(2)13(19)14-11(12(17)18)8-9-4-6-10(16)7-5-9/h4-7,11,16H,3,8H2,1-2H3,(H,14,19)(H,17,18)/t11-/m1/s1. The molecule has 0 saturated carbocycles. The first-order valence-electron chi connectivity index (χ1n) is 5.96. The number of aromatic hydroxyl groups is 1. The van der Waals surface area contributed by atoms with Gasteiger partial charge in [0.25, 0.3) is 0 Å². The van der Waals surface area contributed by atoms with E-state index >= 15 is 0 Å². The minimum Gasteiger partial charge on any atom is -0.508 e. The quantitative estimate of drug-likeness (QED) is 0.743. The van der Waals surface area contributed by atoms with E-state index in [1.54, 1.807) is 26.1 Å². The number of carboxylic acid groups (broad SMARTS) is 1. The zero-order valence-corrected chi connectivity index (χ0v) is 11.0. The van der Waals surface area contributed by atoms with Gasteiger partial charge in [-0.15, -0.1) is 0 Å². The number of amides is 2. The predicted octanol–water partition coefficient (Wildman–Crippen LogP) is 1.05. The highest BCUT2D eigenvalue weighted by molar-refractivity contribution is 5.82. The van der Waals surface area contributed by atoms with Crippen molar-refractivity contribution in [2.24, 2.45) is 0 Å². The number of urea groups is 1. The second-order valence-corrected chi connectivity index (χ2v) is 4.23. The molecule has 0 heterocycles. The molecule has 1 aromatic rings. The van der Waals surface area contributed by atoms with Crippen molar-refractivity contribution < 1.29 is 19.8 Å². The van der Waals surface area contributed by atoms with E-state index in [4.69, 9.17) is 10.2 Å². The van der Waals surface area contributed by atoms with E-state index in [-0.39, 0.29) is 12.2 Å². The largest absolute Gasteiger partial charge is 0.508 e. The van der Waals surface area contributed by atoms with Gasteiger partial charge in [-0.3, -0.25) is 0 Å². The van der Waals surface area contributed by atoms with Crippen molar-refractivity contribution >= 4 is 12.0 Å². The summed E-state index contributed by atoms with van der Waals surface area (Å²) in [6.45, 7) is 2.30. The van der Waals surface area contributed by atoms with Gasteiger partial charge in [-0.05, 0) is 24.6 Å². The maximum absolute atomic E-state index is 11.6. The predicted molar refractivity (Wildman–Crippen MR) is 70.1 cm³/mol. The first-order chi connectivity index (χ1) is 8.93. The molecule has 0 fully saturated rings. The molecule has 0 aliphatic heterocycles. The summed E-state index contributed by atoms with van der Waals surface area (Å²) in [5, 5.41) is 20.7. The summed E-state index contributed by atoms with van der Waals surface area (Å²) in [4.78, 5) is 24.2. The number of hydrogen-bond donors (Lipinski definition) is 3. The topological polar surface area (TPSA) is 89.9 Å². The smallest absolute Gasteiger partial charge is 0.326 e. The molecule has 1 rings (SSSR count). The molecular weight excluding hydrogens is 248 g/mol. The third-order valence-corrected chi connectivity index (χ3v) is 2.79. The molecule has 0 aliphatic carbocycles. The zero-order valence-electron chi connectivity index (χ0n) is 11.0. The van der Waals surface area contributed by atoms with Crippen LogP contribution in [0.25, 0.3) is 0 Å². The molecule has 1 aromatic carbocycles. The van der Waals surface area contributed by atoms with E-state index in [0.29, 0.717) is 6.54 Å². The van der Waals surface area contributed by atoms with E-state index in [2.05, 4.69) is 5.32 Å². The van der Waals surface area contributed by atoms with Crippen LogP contribution in [-0.2, 0) is 11.2 Å². The summed E-state index contributed by atoms with van der Waals surface area (Å²) in [5.74, 6) is -0.976. The minimum absolute atomic E-state index is 0.116. The highest BCUT2D eigenvalue weighted by atomic mass is 16.4. The third kappa shape index (κ3) is 4.50. The number of hydrogen-bond acceptors (Lipinski definition) is 3. The van der Waals surface area contributed by atoms with Crippen LogP contribution < -0.4 is 5.32 Å². The highest BCUT2D eigenvalue weighted by Crippen LogP contribution is 2.11. The Bertz CT molecular complexity index is 444. The Kier molecular flexibility index (Phi) is 5.17.